The van der Waals surface area contributed by atoms with Crippen LogP contribution in [0.3, 0.4) is 0 Å². The van der Waals surface area contributed by atoms with Gasteiger partial charge in [-0.25, -0.2) is 9.59 Å². The van der Waals surface area contributed by atoms with E-state index in [1.165, 1.54) is 11.3 Å². The smallest absolute Gasteiger partial charge is 0.411 e. The van der Waals surface area contributed by atoms with Gasteiger partial charge in [0.15, 0.2) is 0 Å². The monoisotopic (exact) mass is 284 g/mol. The number of carbonyl (C=O) groups excluding carboxylic acids is 1. The first kappa shape index (κ1) is 15.1. The lowest BCUT2D eigenvalue weighted by atomic mass is 9.92. The van der Waals surface area contributed by atoms with E-state index in [-0.39, 0.29) is 6.04 Å². The minimum Gasteiger partial charge on any atom is -0.480 e. The van der Waals surface area contributed by atoms with Crippen molar-refractivity contribution in [2.75, 3.05) is 6.54 Å². The molecule has 1 amide bonds. The third kappa shape index (κ3) is 3.62. The molecule has 0 radical (unpaired) electrons. The molecule has 2 rings (SSSR count). The van der Waals surface area contributed by atoms with E-state index in [0.29, 0.717) is 19.0 Å². The van der Waals surface area contributed by atoms with Crippen molar-refractivity contribution < 1.29 is 19.4 Å². The fraction of sp³-hybridized carbons (Fsp3) is 0.857. The molecule has 1 heterocycles. The van der Waals surface area contributed by atoms with E-state index in [1.54, 1.807) is 20.8 Å². The lowest BCUT2D eigenvalue weighted by Gasteiger charge is -2.30. The van der Waals surface area contributed by atoms with Crippen LogP contribution in [0.1, 0.15) is 46.5 Å². The molecule has 0 aromatic rings. The van der Waals surface area contributed by atoms with Crippen molar-refractivity contribution in [3.8, 4) is 0 Å². The maximum Gasteiger partial charge on any atom is 0.411 e. The molecule has 0 aromatic heterocycles. The molecular weight excluding hydrogens is 260 g/mol. The summed E-state index contributed by atoms with van der Waals surface area (Å²) in [4.78, 5) is 24.8. The number of aliphatic carboxylic acids is 1. The van der Waals surface area contributed by atoms with Crippen LogP contribution in [0, 0.1) is 0 Å². The molecule has 1 saturated heterocycles. The van der Waals surface area contributed by atoms with Crippen molar-refractivity contribution in [1.29, 1.82) is 0 Å². The van der Waals surface area contributed by atoms with Crippen LogP contribution in [0.15, 0.2) is 0 Å². The van der Waals surface area contributed by atoms with Gasteiger partial charge in [-0.2, -0.15) is 0 Å². The Bertz CT molecular complexity index is 387. The van der Waals surface area contributed by atoms with Gasteiger partial charge in [0.25, 0.3) is 0 Å². The minimum atomic E-state index is -0.964. The number of rotatable bonds is 3. The number of hydrogen-bond donors (Lipinski definition) is 2. The molecular formula is C14H24N2O4. The quantitative estimate of drug-likeness (QED) is 0.823. The molecule has 2 atom stereocenters. The van der Waals surface area contributed by atoms with Crippen LogP contribution in [0.4, 0.5) is 4.79 Å². The van der Waals surface area contributed by atoms with Crippen molar-refractivity contribution >= 4 is 12.1 Å². The van der Waals surface area contributed by atoms with Gasteiger partial charge in [-0.15, -0.1) is 0 Å². The third-order valence-electron chi connectivity index (χ3n) is 3.79. The summed E-state index contributed by atoms with van der Waals surface area (Å²) in [5.41, 5.74) is -0.611. The molecule has 1 saturated carbocycles. The van der Waals surface area contributed by atoms with Gasteiger partial charge in [0.1, 0.15) is 11.6 Å². The Morgan fingerprint density at radius 2 is 1.90 bits per heavy atom. The van der Waals surface area contributed by atoms with Crippen LogP contribution in [0.5, 0.6) is 0 Å². The van der Waals surface area contributed by atoms with Crippen LogP contribution < -0.4 is 5.32 Å². The summed E-state index contributed by atoms with van der Waals surface area (Å²) in [6.07, 6.45) is 3.41. The summed E-state index contributed by atoms with van der Waals surface area (Å²) >= 11 is 0. The Morgan fingerprint density at radius 1 is 1.25 bits per heavy atom. The highest BCUT2D eigenvalue weighted by Gasteiger charge is 2.42. The molecule has 114 valence electrons. The van der Waals surface area contributed by atoms with Crippen LogP contribution in [-0.4, -0.2) is 52.3 Å². The van der Waals surface area contributed by atoms with Crippen molar-refractivity contribution in [3.63, 3.8) is 0 Å². The van der Waals surface area contributed by atoms with Gasteiger partial charge in [-0.05, 0) is 40.0 Å². The number of likely N-dealkylation sites (tertiary alicyclic amines) is 1. The number of amides is 1. The number of ether oxygens (including phenoxy) is 1. The number of nitrogens with zero attached hydrogens (tertiary/aromatic N) is 1. The van der Waals surface area contributed by atoms with Crippen LogP contribution in [-0.2, 0) is 9.53 Å². The van der Waals surface area contributed by atoms with Crippen LogP contribution >= 0.6 is 0 Å². The molecule has 2 N–H and O–H groups in total. The highest BCUT2D eigenvalue weighted by Crippen LogP contribution is 2.25. The zero-order chi connectivity index (χ0) is 14.9. The molecule has 6 nitrogen and oxygen atoms in total. The lowest BCUT2D eigenvalue weighted by Crippen LogP contribution is -2.45. The second-order valence-electron chi connectivity index (χ2n) is 6.71. The second kappa shape index (κ2) is 5.60. The molecule has 1 aliphatic carbocycles. The first-order chi connectivity index (χ1) is 9.26. The Labute approximate surface area is 119 Å². The van der Waals surface area contributed by atoms with Gasteiger partial charge in [0.2, 0.25) is 0 Å². The summed E-state index contributed by atoms with van der Waals surface area (Å²) in [7, 11) is 0. The Hall–Kier alpha value is -1.30. The van der Waals surface area contributed by atoms with Gasteiger partial charge >= 0.3 is 12.1 Å². The lowest BCUT2D eigenvalue weighted by molar-refractivity contribution is -0.142. The van der Waals surface area contributed by atoms with E-state index < -0.39 is 23.7 Å². The number of nitrogens with one attached hydrogen (secondary N) is 1. The number of carboxylic acids is 1. The third-order valence-corrected chi connectivity index (χ3v) is 3.79. The predicted octanol–water partition coefficient (Wildman–Crippen LogP) is 1.59. The molecule has 0 aromatic carbocycles. The van der Waals surface area contributed by atoms with E-state index in [9.17, 15) is 14.7 Å². The van der Waals surface area contributed by atoms with Gasteiger partial charge in [0, 0.05) is 18.6 Å². The average Bonchev–Trinajstić information content (AvgIpc) is 2.65. The average molecular weight is 284 g/mol. The molecule has 0 spiro atoms. The van der Waals surface area contributed by atoms with E-state index >= 15 is 0 Å². The summed E-state index contributed by atoms with van der Waals surface area (Å²) in [6.45, 7) is 5.74. The van der Waals surface area contributed by atoms with E-state index in [0.717, 1.165) is 12.8 Å². The molecule has 2 aliphatic rings. The maximum atomic E-state index is 12.1. The standard InChI is InChI=1S/C14H24N2O4/c1-14(2,3)20-13(19)16-8-10(7-11(16)12(17)18)15-9-5-4-6-9/h9-11,15H,4-8H2,1-3H3,(H,17,18)/t10?,11-/m0/s1. The largest absolute Gasteiger partial charge is 0.480 e. The summed E-state index contributed by atoms with van der Waals surface area (Å²) in [6, 6.07) is -0.260. The normalized spacial score (nSPS) is 27.2. The van der Waals surface area contributed by atoms with Crippen molar-refractivity contribution in [1.82, 2.24) is 10.2 Å². The van der Waals surface area contributed by atoms with Gasteiger partial charge in [-0.1, -0.05) is 6.42 Å². The van der Waals surface area contributed by atoms with Gasteiger partial charge in [0.05, 0.1) is 0 Å². The fourth-order valence-electron chi connectivity index (χ4n) is 2.62. The Balaban J connectivity index is 1.97. The van der Waals surface area contributed by atoms with Gasteiger partial charge in [-0.3, -0.25) is 4.90 Å². The fourth-order valence-corrected chi connectivity index (χ4v) is 2.62. The number of hydrogen-bond acceptors (Lipinski definition) is 4. The Kier molecular flexibility index (Phi) is 4.22. The van der Waals surface area contributed by atoms with Crippen LogP contribution in [0.2, 0.25) is 0 Å². The van der Waals surface area contributed by atoms with E-state index in [4.69, 9.17) is 4.74 Å². The molecule has 1 unspecified atom stereocenters. The molecule has 20 heavy (non-hydrogen) atoms. The van der Waals surface area contributed by atoms with Crippen LogP contribution in [0.25, 0.3) is 0 Å². The van der Waals surface area contributed by atoms with Crippen molar-refractivity contribution in [2.45, 2.75) is 70.2 Å². The van der Waals surface area contributed by atoms with Gasteiger partial charge < -0.3 is 15.2 Å². The predicted molar refractivity (Wildman–Crippen MR) is 73.5 cm³/mol. The minimum absolute atomic E-state index is 0.0499. The summed E-state index contributed by atoms with van der Waals surface area (Å²) < 4.78 is 5.29. The Morgan fingerprint density at radius 3 is 2.35 bits per heavy atom. The zero-order valence-corrected chi connectivity index (χ0v) is 12.4. The topological polar surface area (TPSA) is 78.9 Å². The molecule has 6 heteroatoms. The highest BCUT2D eigenvalue weighted by molar-refractivity contribution is 5.81. The summed E-state index contributed by atoms with van der Waals surface area (Å²) in [5, 5.41) is 12.7. The number of carbonyl (C=O) groups is 2. The van der Waals surface area contributed by atoms with Crippen molar-refractivity contribution in [2.24, 2.45) is 0 Å². The number of carboxylic acid groups (broad SMARTS) is 1. The zero-order valence-electron chi connectivity index (χ0n) is 12.4. The molecule has 0 bridgehead atoms. The summed E-state index contributed by atoms with van der Waals surface area (Å²) in [5.74, 6) is -0.964. The molecule has 2 fully saturated rings. The second-order valence-corrected chi connectivity index (χ2v) is 6.71. The highest BCUT2D eigenvalue weighted by atomic mass is 16.6. The first-order valence-electron chi connectivity index (χ1n) is 7.25. The SMILES string of the molecule is CC(C)(C)OC(=O)N1CC(NC2CCC2)C[C@H]1C(=O)O. The first-order valence-corrected chi connectivity index (χ1v) is 7.25. The molecule has 1 aliphatic heterocycles. The van der Waals surface area contributed by atoms with E-state index in [2.05, 4.69) is 5.32 Å². The van der Waals surface area contributed by atoms with Crippen molar-refractivity contribution in [3.05, 3.63) is 0 Å². The maximum absolute atomic E-state index is 12.1. The van der Waals surface area contributed by atoms with E-state index in [1.807, 2.05) is 0 Å².